The van der Waals surface area contributed by atoms with Crippen molar-refractivity contribution in [3.63, 3.8) is 0 Å². The molecule has 1 aliphatic rings. The molecule has 0 radical (unpaired) electrons. The van der Waals surface area contributed by atoms with E-state index in [2.05, 4.69) is 5.10 Å². The fraction of sp³-hybridized carbons (Fsp3) is 0.500. The number of rotatable bonds is 4. The van der Waals surface area contributed by atoms with E-state index < -0.39 is 24.2 Å². The molecule has 1 aliphatic heterocycles. The Morgan fingerprint density at radius 1 is 1.35 bits per heavy atom. The van der Waals surface area contributed by atoms with Crippen LogP contribution in [0.25, 0.3) is 0 Å². The van der Waals surface area contributed by atoms with Gasteiger partial charge in [0.15, 0.2) is 0 Å². The van der Waals surface area contributed by atoms with Gasteiger partial charge in [-0.15, -0.1) is 0 Å². The Bertz CT molecular complexity index is 599. The number of hydrogen-bond donors (Lipinski definition) is 1. The van der Waals surface area contributed by atoms with Gasteiger partial charge < -0.3 is 5.11 Å². The Hall–Kier alpha value is -1.89. The number of aliphatic hydroxyl groups is 1. The van der Waals surface area contributed by atoms with Crippen molar-refractivity contribution in [2.24, 2.45) is 11.0 Å². The fourth-order valence-electron chi connectivity index (χ4n) is 2.35. The molecule has 1 N–H and O–H groups in total. The van der Waals surface area contributed by atoms with Crippen LogP contribution in [-0.2, 0) is 0 Å². The van der Waals surface area contributed by atoms with E-state index in [0.29, 0.717) is 12.8 Å². The average molecular weight is 328 g/mol. The third kappa shape index (κ3) is 3.55. The summed E-state index contributed by atoms with van der Waals surface area (Å²) in [5.41, 5.74) is -3.06. The molecule has 0 bridgehead atoms. The van der Waals surface area contributed by atoms with E-state index in [1.807, 2.05) is 13.8 Å². The maximum Gasteiger partial charge on any atom is 0.438 e. The lowest BCUT2D eigenvalue weighted by molar-refractivity contribution is -0.297. The summed E-state index contributed by atoms with van der Waals surface area (Å²) in [6.45, 7) is 3.89. The van der Waals surface area contributed by atoms with Crippen LogP contribution in [0, 0.1) is 5.92 Å². The van der Waals surface area contributed by atoms with E-state index in [4.69, 9.17) is 0 Å². The number of benzene rings is 1. The van der Waals surface area contributed by atoms with Crippen molar-refractivity contribution in [2.45, 2.75) is 45.0 Å². The van der Waals surface area contributed by atoms with Crippen LogP contribution in [0.3, 0.4) is 0 Å². The lowest BCUT2D eigenvalue weighted by Gasteiger charge is -2.32. The first-order valence-electron chi connectivity index (χ1n) is 7.40. The van der Waals surface area contributed by atoms with Crippen LogP contribution < -0.4 is 0 Å². The molecule has 0 aromatic heterocycles. The van der Waals surface area contributed by atoms with Crippen molar-refractivity contribution < 1.29 is 23.1 Å². The topological polar surface area (TPSA) is 52.9 Å². The van der Waals surface area contributed by atoms with Gasteiger partial charge in [0.05, 0.1) is 0 Å². The van der Waals surface area contributed by atoms with Gasteiger partial charge in [-0.25, -0.2) is 0 Å². The van der Waals surface area contributed by atoms with Crippen LogP contribution in [0.5, 0.6) is 0 Å². The fourth-order valence-corrected chi connectivity index (χ4v) is 2.35. The van der Waals surface area contributed by atoms with Crippen molar-refractivity contribution in [1.82, 2.24) is 5.01 Å². The Morgan fingerprint density at radius 2 is 1.96 bits per heavy atom. The smallest absolute Gasteiger partial charge is 0.362 e. The van der Waals surface area contributed by atoms with Crippen LogP contribution in [0.1, 0.15) is 43.5 Å². The summed E-state index contributed by atoms with van der Waals surface area (Å²) in [7, 11) is 0. The van der Waals surface area contributed by atoms with E-state index in [-0.39, 0.29) is 22.2 Å². The molecule has 0 unspecified atom stereocenters. The van der Waals surface area contributed by atoms with E-state index in [1.54, 1.807) is 18.2 Å². The average Bonchev–Trinajstić information content (AvgIpc) is 2.83. The highest BCUT2D eigenvalue weighted by atomic mass is 19.4. The van der Waals surface area contributed by atoms with Gasteiger partial charge in [0.1, 0.15) is 0 Å². The van der Waals surface area contributed by atoms with Gasteiger partial charge >= 0.3 is 6.18 Å². The highest BCUT2D eigenvalue weighted by Gasteiger charge is 2.63. The number of hydrogen-bond acceptors (Lipinski definition) is 3. The van der Waals surface area contributed by atoms with E-state index >= 15 is 0 Å². The van der Waals surface area contributed by atoms with Crippen LogP contribution in [0.2, 0.25) is 0 Å². The molecule has 23 heavy (non-hydrogen) atoms. The number of carbonyl (C=O) groups is 1. The van der Waals surface area contributed by atoms with Gasteiger partial charge in [-0.05, 0) is 30.9 Å². The normalized spacial score (nSPS) is 21.7. The molecule has 1 aromatic rings. The summed E-state index contributed by atoms with van der Waals surface area (Å²) in [6.07, 6.45) is -4.74. The van der Waals surface area contributed by atoms with Gasteiger partial charge in [-0.3, -0.25) is 4.79 Å². The molecule has 0 saturated carbocycles. The first kappa shape index (κ1) is 17.5. The second-order valence-corrected chi connectivity index (χ2v) is 6.07. The molecule has 1 amide bonds. The molecule has 0 saturated heterocycles. The van der Waals surface area contributed by atoms with Crippen molar-refractivity contribution in [2.75, 3.05) is 0 Å². The number of alkyl halides is 3. The quantitative estimate of drug-likeness (QED) is 0.918. The van der Waals surface area contributed by atoms with E-state index in [1.165, 1.54) is 12.1 Å². The van der Waals surface area contributed by atoms with Gasteiger partial charge in [0.25, 0.3) is 11.6 Å². The van der Waals surface area contributed by atoms with Crippen LogP contribution in [0.15, 0.2) is 35.4 Å². The lowest BCUT2D eigenvalue weighted by atomic mass is 9.99. The monoisotopic (exact) mass is 328 g/mol. The molecule has 1 atom stereocenters. The highest BCUT2D eigenvalue weighted by molar-refractivity contribution is 5.98. The number of nitrogens with zero attached hydrogens (tertiary/aromatic N) is 2. The molecule has 7 heteroatoms. The molecular weight excluding hydrogens is 309 g/mol. The van der Waals surface area contributed by atoms with Crippen LogP contribution >= 0.6 is 0 Å². The minimum atomic E-state index is -4.99. The number of carbonyl (C=O) groups excluding carboxylic acids is 1. The Morgan fingerprint density at radius 3 is 2.48 bits per heavy atom. The zero-order valence-corrected chi connectivity index (χ0v) is 13.0. The van der Waals surface area contributed by atoms with E-state index in [9.17, 15) is 23.1 Å². The van der Waals surface area contributed by atoms with Gasteiger partial charge in [-0.2, -0.15) is 23.3 Å². The Labute approximate surface area is 132 Å². The second-order valence-electron chi connectivity index (χ2n) is 6.07. The number of hydrazone groups is 1. The zero-order valence-electron chi connectivity index (χ0n) is 13.0. The third-order valence-electron chi connectivity index (χ3n) is 3.72. The molecule has 4 nitrogen and oxygen atoms in total. The van der Waals surface area contributed by atoms with Crippen molar-refractivity contribution in [3.8, 4) is 0 Å². The Balaban J connectivity index is 2.32. The maximum absolute atomic E-state index is 13.3. The predicted octanol–water partition coefficient (Wildman–Crippen LogP) is 3.58. The molecule has 0 aliphatic carbocycles. The van der Waals surface area contributed by atoms with Crippen LogP contribution in [-0.4, -0.2) is 33.6 Å². The molecule has 0 spiro atoms. The van der Waals surface area contributed by atoms with Gasteiger partial charge in [0.2, 0.25) is 0 Å². The standard InChI is InChI=1S/C16H19F3N2O2/c1-11(2)8-9-13-10-15(23,16(17,18)19)21(20-13)14(22)12-6-4-3-5-7-12/h3-7,11,23H,8-10H2,1-2H3/t15-/m0/s1. The van der Waals surface area contributed by atoms with Crippen LogP contribution in [0.4, 0.5) is 13.2 Å². The lowest BCUT2D eigenvalue weighted by Crippen LogP contribution is -2.56. The summed E-state index contributed by atoms with van der Waals surface area (Å²) in [6, 6.07) is 7.51. The van der Waals surface area contributed by atoms with Gasteiger partial charge in [0, 0.05) is 17.7 Å². The summed E-state index contributed by atoms with van der Waals surface area (Å²) in [5.74, 6) is -0.680. The SMILES string of the molecule is CC(C)CCC1=NN(C(=O)c2ccccc2)[C@@](O)(C(F)(F)F)C1. The van der Waals surface area contributed by atoms with Crippen molar-refractivity contribution in [3.05, 3.63) is 35.9 Å². The predicted molar refractivity (Wildman–Crippen MR) is 79.7 cm³/mol. The number of halogens is 3. The largest absolute Gasteiger partial charge is 0.438 e. The molecule has 2 rings (SSSR count). The molecule has 1 aromatic carbocycles. The molecule has 0 fully saturated rings. The molecule has 1 heterocycles. The zero-order chi connectivity index (χ0) is 17.3. The summed E-state index contributed by atoms with van der Waals surface area (Å²) in [5, 5.41) is 14.1. The first-order valence-corrected chi connectivity index (χ1v) is 7.40. The molecule has 126 valence electrons. The van der Waals surface area contributed by atoms with Crippen molar-refractivity contribution in [1.29, 1.82) is 0 Å². The second kappa shape index (κ2) is 6.31. The first-order chi connectivity index (χ1) is 10.6. The van der Waals surface area contributed by atoms with Gasteiger partial charge in [-0.1, -0.05) is 32.0 Å². The highest BCUT2D eigenvalue weighted by Crippen LogP contribution is 2.41. The van der Waals surface area contributed by atoms with E-state index in [0.717, 1.165) is 0 Å². The summed E-state index contributed by atoms with van der Waals surface area (Å²) in [4.78, 5) is 12.4. The Kier molecular flexibility index (Phi) is 4.79. The van der Waals surface area contributed by atoms with Crippen molar-refractivity contribution >= 4 is 11.6 Å². The third-order valence-corrected chi connectivity index (χ3v) is 3.72. The minimum absolute atomic E-state index is 0.0454. The maximum atomic E-state index is 13.3. The minimum Gasteiger partial charge on any atom is -0.362 e. The summed E-state index contributed by atoms with van der Waals surface area (Å²) >= 11 is 0. The number of amides is 1. The molecular formula is C16H19F3N2O2. The summed E-state index contributed by atoms with van der Waals surface area (Å²) < 4.78 is 40.0.